The van der Waals surface area contributed by atoms with Gasteiger partial charge in [-0.25, -0.2) is 4.98 Å². The Morgan fingerprint density at radius 2 is 1.13 bits per heavy atom. The Labute approximate surface area is 318 Å². The maximum atomic E-state index is 6.34. The molecule has 0 radical (unpaired) electrons. The molecule has 12 aromatic rings. The van der Waals surface area contributed by atoms with Gasteiger partial charge in [0.05, 0.1) is 11.0 Å². The molecule has 0 aliphatic heterocycles. The van der Waals surface area contributed by atoms with E-state index in [4.69, 9.17) is 19.4 Å². The minimum absolute atomic E-state index is 0.554. The third-order valence-electron chi connectivity index (χ3n) is 10.9. The largest absolute Gasteiger partial charge is 0.456 e. The summed E-state index contributed by atoms with van der Waals surface area (Å²) in [6.45, 7) is 0. The second kappa shape index (κ2) is 11.7. The van der Waals surface area contributed by atoms with Crippen LogP contribution >= 0.6 is 11.3 Å². The number of benzene rings is 8. The molecule has 4 heterocycles. The highest BCUT2D eigenvalue weighted by Gasteiger charge is 2.23. The van der Waals surface area contributed by atoms with Crippen LogP contribution in [-0.4, -0.2) is 19.5 Å². The van der Waals surface area contributed by atoms with E-state index in [2.05, 4.69) is 138 Å². The fraction of sp³-hybridized carbons (Fsp3) is 0. The van der Waals surface area contributed by atoms with E-state index in [1.165, 1.54) is 41.9 Å². The van der Waals surface area contributed by atoms with Crippen molar-refractivity contribution in [1.29, 1.82) is 0 Å². The van der Waals surface area contributed by atoms with Crippen molar-refractivity contribution in [2.45, 2.75) is 0 Å². The average Bonchev–Trinajstić information content (AvgIpc) is 3.93. The Hall–Kier alpha value is -7.15. The lowest BCUT2D eigenvalue weighted by molar-refractivity contribution is 0.669. The molecular weight excluding hydrogens is 693 g/mol. The van der Waals surface area contributed by atoms with Crippen molar-refractivity contribution in [1.82, 2.24) is 19.5 Å². The molecule has 12 rings (SSSR count). The average molecular weight is 721 g/mol. The van der Waals surface area contributed by atoms with Gasteiger partial charge >= 0.3 is 0 Å². The van der Waals surface area contributed by atoms with Crippen LogP contribution in [0.4, 0.5) is 0 Å². The van der Waals surface area contributed by atoms with Crippen LogP contribution in [0.5, 0.6) is 0 Å². The molecule has 55 heavy (non-hydrogen) atoms. The summed E-state index contributed by atoms with van der Waals surface area (Å²) in [6, 6.07) is 59.7. The van der Waals surface area contributed by atoms with Crippen LogP contribution in [0.25, 0.3) is 115 Å². The van der Waals surface area contributed by atoms with Gasteiger partial charge in [-0.2, -0.15) is 9.97 Å². The summed E-state index contributed by atoms with van der Waals surface area (Å²) < 4.78 is 11.1. The van der Waals surface area contributed by atoms with Gasteiger partial charge in [-0.1, -0.05) is 133 Å². The first kappa shape index (κ1) is 30.3. The van der Waals surface area contributed by atoms with Gasteiger partial charge in [0.2, 0.25) is 5.95 Å². The number of hydrogen-bond donors (Lipinski definition) is 0. The molecule has 6 heteroatoms. The maximum Gasteiger partial charge on any atom is 0.238 e. The van der Waals surface area contributed by atoms with E-state index in [1.807, 2.05) is 47.7 Å². The van der Waals surface area contributed by atoms with E-state index in [0.29, 0.717) is 17.6 Å². The number of fused-ring (bicyclic) bond motifs is 11. The molecule has 0 amide bonds. The summed E-state index contributed by atoms with van der Waals surface area (Å²) >= 11 is 1.84. The standard InChI is InChI=1S/C49H28N4OS/c1-2-13-30(14-3-1)47-50-48(31-24-26-34-33-16-6-8-21-40(33)54-41(34)28-31)52-49(51-47)53-39-27-25-29-12-4-5-15-32(29)44(39)38-20-10-19-36(46(38)53)35-18-11-23-43-45(35)37-17-7-9-22-42(37)55-43/h1-28H. The SMILES string of the molecule is c1ccc(-c2nc(-c3ccc4c(c3)oc3ccccc34)nc(-n3c4ccc5ccccc5c4c4cccc(-c5cccc6sc7ccccc7c56)c43)n2)cc1. The highest BCUT2D eigenvalue weighted by Crippen LogP contribution is 2.45. The van der Waals surface area contributed by atoms with Crippen molar-refractivity contribution in [2.24, 2.45) is 0 Å². The highest BCUT2D eigenvalue weighted by molar-refractivity contribution is 7.25. The van der Waals surface area contributed by atoms with Gasteiger partial charge in [-0.05, 0) is 52.7 Å². The van der Waals surface area contributed by atoms with E-state index in [0.717, 1.165) is 55.0 Å². The molecule has 0 N–H and O–H groups in total. The molecule has 256 valence electrons. The Bertz CT molecular complexity index is 3500. The molecule has 0 saturated heterocycles. The third kappa shape index (κ3) is 4.55. The number of nitrogens with zero attached hydrogens (tertiary/aromatic N) is 4. The van der Waals surface area contributed by atoms with Crippen molar-refractivity contribution in [2.75, 3.05) is 0 Å². The normalized spacial score (nSPS) is 12.0. The number of furan rings is 1. The highest BCUT2D eigenvalue weighted by atomic mass is 32.1. The first-order chi connectivity index (χ1) is 27.3. The zero-order valence-corrected chi connectivity index (χ0v) is 30.1. The number of hydrogen-bond acceptors (Lipinski definition) is 5. The molecule has 4 aromatic heterocycles. The first-order valence-corrected chi connectivity index (χ1v) is 19.2. The second-order valence-electron chi connectivity index (χ2n) is 14.0. The van der Waals surface area contributed by atoms with Crippen LogP contribution in [0, 0.1) is 0 Å². The molecule has 0 aliphatic rings. The van der Waals surface area contributed by atoms with Crippen molar-refractivity contribution < 1.29 is 4.42 Å². The maximum absolute atomic E-state index is 6.34. The number of rotatable bonds is 4. The van der Waals surface area contributed by atoms with Crippen molar-refractivity contribution in [3.63, 3.8) is 0 Å². The van der Waals surface area contributed by atoms with Gasteiger partial charge in [0.1, 0.15) is 11.2 Å². The van der Waals surface area contributed by atoms with Gasteiger partial charge in [-0.3, -0.25) is 4.57 Å². The van der Waals surface area contributed by atoms with E-state index in [9.17, 15) is 0 Å². The number of para-hydroxylation sites is 2. The lowest BCUT2D eigenvalue weighted by Crippen LogP contribution is -2.07. The molecule has 8 aromatic carbocycles. The van der Waals surface area contributed by atoms with Gasteiger partial charge in [0, 0.05) is 58.4 Å². The van der Waals surface area contributed by atoms with Crippen LogP contribution in [0.3, 0.4) is 0 Å². The van der Waals surface area contributed by atoms with Crippen molar-refractivity contribution >= 4 is 86.0 Å². The summed E-state index contributed by atoms with van der Waals surface area (Å²) in [4.78, 5) is 15.8. The summed E-state index contributed by atoms with van der Waals surface area (Å²) in [5, 5.41) is 9.36. The lowest BCUT2D eigenvalue weighted by atomic mass is 9.96. The minimum Gasteiger partial charge on any atom is -0.456 e. The molecule has 0 unspecified atom stereocenters. The quantitative estimate of drug-likeness (QED) is 0.182. The predicted molar refractivity (Wildman–Crippen MR) is 228 cm³/mol. The zero-order valence-electron chi connectivity index (χ0n) is 29.3. The van der Waals surface area contributed by atoms with Crippen LogP contribution in [-0.2, 0) is 0 Å². The minimum atomic E-state index is 0.554. The van der Waals surface area contributed by atoms with Gasteiger partial charge in [0.15, 0.2) is 11.6 Å². The number of aromatic nitrogens is 4. The molecule has 0 saturated carbocycles. The van der Waals surface area contributed by atoms with Gasteiger partial charge in [-0.15, -0.1) is 11.3 Å². The van der Waals surface area contributed by atoms with E-state index in [-0.39, 0.29) is 0 Å². The molecule has 0 spiro atoms. The Morgan fingerprint density at radius 1 is 0.436 bits per heavy atom. The van der Waals surface area contributed by atoms with Gasteiger partial charge in [0.25, 0.3) is 0 Å². The molecule has 0 fully saturated rings. The lowest BCUT2D eigenvalue weighted by Gasteiger charge is -2.13. The summed E-state index contributed by atoms with van der Waals surface area (Å²) in [6.07, 6.45) is 0. The Balaban J connectivity index is 1.20. The van der Waals surface area contributed by atoms with Crippen LogP contribution < -0.4 is 0 Å². The van der Waals surface area contributed by atoms with E-state index < -0.39 is 0 Å². The van der Waals surface area contributed by atoms with E-state index in [1.54, 1.807) is 0 Å². The Kier molecular flexibility index (Phi) is 6.44. The van der Waals surface area contributed by atoms with Crippen LogP contribution in [0.1, 0.15) is 0 Å². The topological polar surface area (TPSA) is 56.7 Å². The third-order valence-corrected chi connectivity index (χ3v) is 12.0. The summed E-state index contributed by atoms with van der Waals surface area (Å²) in [5.41, 5.74) is 7.82. The van der Waals surface area contributed by atoms with Crippen molar-refractivity contribution in [3.8, 4) is 39.9 Å². The van der Waals surface area contributed by atoms with Gasteiger partial charge < -0.3 is 4.42 Å². The molecule has 0 atom stereocenters. The Morgan fingerprint density at radius 3 is 2.04 bits per heavy atom. The molecule has 5 nitrogen and oxygen atoms in total. The molecule has 0 bridgehead atoms. The summed E-state index contributed by atoms with van der Waals surface area (Å²) in [5.74, 6) is 1.73. The second-order valence-corrected chi connectivity index (χ2v) is 15.0. The van der Waals surface area contributed by atoms with Crippen LogP contribution in [0.2, 0.25) is 0 Å². The monoisotopic (exact) mass is 720 g/mol. The van der Waals surface area contributed by atoms with Crippen molar-refractivity contribution in [3.05, 3.63) is 170 Å². The van der Waals surface area contributed by atoms with E-state index >= 15 is 0 Å². The first-order valence-electron chi connectivity index (χ1n) is 18.4. The fourth-order valence-electron chi connectivity index (χ4n) is 8.44. The molecular formula is C49H28N4OS. The smallest absolute Gasteiger partial charge is 0.238 e. The summed E-state index contributed by atoms with van der Waals surface area (Å²) in [7, 11) is 0. The predicted octanol–water partition coefficient (Wildman–Crippen LogP) is 13.4. The van der Waals surface area contributed by atoms with Crippen LogP contribution in [0.15, 0.2) is 174 Å². The fourth-order valence-corrected chi connectivity index (χ4v) is 9.57. The molecule has 0 aliphatic carbocycles. The number of thiophene rings is 1. The zero-order chi connectivity index (χ0) is 36.0.